The monoisotopic (exact) mass is 395 g/mol. The first-order chi connectivity index (χ1) is 12.6. The Bertz CT molecular complexity index is 647. The van der Waals surface area contributed by atoms with Crippen molar-refractivity contribution in [3.8, 4) is 5.75 Å². The Kier molecular flexibility index (Phi) is 7.92. The lowest BCUT2D eigenvalue weighted by molar-refractivity contribution is -0.132. The quantitative estimate of drug-likeness (QED) is 0.803. The van der Waals surface area contributed by atoms with Gasteiger partial charge in [-0.1, -0.05) is 19.1 Å². The number of fused-ring (bicyclic) bond motifs is 1. The second-order valence-corrected chi connectivity index (χ2v) is 7.10. The Labute approximate surface area is 167 Å². The summed E-state index contributed by atoms with van der Waals surface area (Å²) in [6.45, 7) is 7.94. The summed E-state index contributed by atoms with van der Waals surface area (Å²) < 4.78 is 5.65. The zero-order valence-electron chi connectivity index (χ0n) is 16.1. The van der Waals surface area contributed by atoms with Gasteiger partial charge in [-0.15, -0.1) is 12.4 Å². The largest absolute Gasteiger partial charge is 0.479 e. The van der Waals surface area contributed by atoms with Crippen LogP contribution in [0.4, 0.5) is 5.69 Å². The van der Waals surface area contributed by atoms with E-state index in [1.54, 1.807) is 11.8 Å². The minimum absolute atomic E-state index is 0. The number of nitrogens with zero attached hydrogens (tertiary/aromatic N) is 2. The minimum atomic E-state index is -0.512. The van der Waals surface area contributed by atoms with Crippen molar-refractivity contribution >= 4 is 29.9 Å². The van der Waals surface area contributed by atoms with Crippen molar-refractivity contribution in [2.45, 2.75) is 39.2 Å². The van der Waals surface area contributed by atoms with Crippen molar-refractivity contribution in [1.82, 2.24) is 10.2 Å². The van der Waals surface area contributed by atoms with Gasteiger partial charge in [0.15, 0.2) is 6.10 Å². The fourth-order valence-electron chi connectivity index (χ4n) is 3.69. The summed E-state index contributed by atoms with van der Waals surface area (Å²) in [6.07, 6.45) is 1.94. The minimum Gasteiger partial charge on any atom is -0.479 e. The molecule has 1 aromatic rings. The first-order valence-corrected chi connectivity index (χ1v) is 9.65. The van der Waals surface area contributed by atoms with Crippen molar-refractivity contribution in [1.29, 1.82) is 0 Å². The third-order valence-electron chi connectivity index (χ3n) is 5.27. The average Bonchev–Trinajstić information content (AvgIpc) is 2.67. The molecule has 0 saturated carbocycles. The molecule has 2 heterocycles. The molecule has 1 saturated heterocycles. The smallest absolute Gasteiger partial charge is 0.267 e. The summed E-state index contributed by atoms with van der Waals surface area (Å²) in [5.41, 5.74) is 0.757. The number of hydrogen-bond donors (Lipinski definition) is 1. The van der Waals surface area contributed by atoms with Crippen molar-refractivity contribution in [2.24, 2.45) is 5.92 Å². The molecule has 1 N–H and O–H groups in total. The highest BCUT2D eigenvalue weighted by atomic mass is 35.5. The molecular formula is C20H30ClN3O3. The third-order valence-corrected chi connectivity index (χ3v) is 5.27. The van der Waals surface area contributed by atoms with Crippen molar-refractivity contribution in [3.05, 3.63) is 24.3 Å². The van der Waals surface area contributed by atoms with Crippen LogP contribution in [0.15, 0.2) is 24.3 Å². The van der Waals surface area contributed by atoms with Gasteiger partial charge in [0.1, 0.15) is 5.75 Å². The highest BCUT2D eigenvalue weighted by molar-refractivity contribution is 6.00. The van der Waals surface area contributed by atoms with Crippen LogP contribution in [0, 0.1) is 5.92 Å². The molecule has 0 spiro atoms. The Morgan fingerprint density at radius 3 is 2.67 bits per heavy atom. The van der Waals surface area contributed by atoms with Gasteiger partial charge in [-0.3, -0.25) is 9.59 Å². The van der Waals surface area contributed by atoms with E-state index in [2.05, 4.69) is 12.2 Å². The number of benzene rings is 1. The molecular weight excluding hydrogens is 366 g/mol. The molecule has 3 rings (SSSR count). The van der Waals surface area contributed by atoms with Gasteiger partial charge in [0.05, 0.1) is 5.69 Å². The number of anilines is 1. The number of carbonyl (C=O) groups excluding carboxylic acids is 2. The number of amides is 2. The summed E-state index contributed by atoms with van der Waals surface area (Å²) in [5, 5.41) is 3.39. The van der Waals surface area contributed by atoms with Crippen LogP contribution in [0.25, 0.3) is 0 Å². The molecule has 2 aliphatic heterocycles. The number of rotatable bonds is 6. The maximum Gasteiger partial charge on any atom is 0.267 e. The van der Waals surface area contributed by atoms with E-state index in [0.29, 0.717) is 24.6 Å². The average molecular weight is 396 g/mol. The fraction of sp³-hybridized carbons (Fsp3) is 0.600. The summed E-state index contributed by atoms with van der Waals surface area (Å²) in [5.74, 6) is 1.42. The molecule has 1 atom stereocenters. The van der Waals surface area contributed by atoms with E-state index >= 15 is 0 Å². The number of piperidine rings is 1. The lowest BCUT2D eigenvalue weighted by Crippen LogP contribution is -2.47. The number of hydrogen-bond acceptors (Lipinski definition) is 4. The molecule has 2 aliphatic rings. The van der Waals surface area contributed by atoms with E-state index in [0.717, 1.165) is 44.7 Å². The van der Waals surface area contributed by atoms with Gasteiger partial charge >= 0.3 is 0 Å². The van der Waals surface area contributed by atoms with Crippen molar-refractivity contribution < 1.29 is 14.3 Å². The van der Waals surface area contributed by atoms with Crippen LogP contribution in [-0.2, 0) is 9.59 Å². The summed E-state index contributed by atoms with van der Waals surface area (Å²) >= 11 is 0. The summed E-state index contributed by atoms with van der Waals surface area (Å²) in [4.78, 5) is 28.7. The Morgan fingerprint density at radius 1 is 1.26 bits per heavy atom. The number of nitrogens with one attached hydrogen (secondary N) is 1. The van der Waals surface area contributed by atoms with E-state index < -0.39 is 6.10 Å². The van der Waals surface area contributed by atoms with Crippen LogP contribution in [0.2, 0.25) is 0 Å². The summed E-state index contributed by atoms with van der Waals surface area (Å²) in [7, 11) is 0. The zero-order valence-corrected chi connectivity index (χ0v) is 17.0. The second kappa shape index (κ2) is 9.95. The van der Waals surface area contributed by atoms with Crippen LogP contribution in [0.5, 0.6) is 5.75 Å². The number of likely N-dealkylation sites (tertiary alicyclic amines) is 1. The third kappa shape index (κ3) is 5.14. The van der Waals surface area contributed by atoms with Gasteiger partial charge in [-0.05, 0) is 50.9 Å². The van der Waals surface area contributed by atoms with Crippen LogP contribution in [0.3, 0.4) is 0 Å². The van der Waals surface area contributed by atoms with Crippen molar-refractivity contribution in [2.75, 3.05) is 37.6 Å². The molecule has 0 radical (unpaired) electrons. The zero-order chi connectivity index (χ0) is 18.5. The normalized spacial score (nSPS) is 19.9. The van der Waals surface area contributed by atoms with Gasteiger partial charge in [0.25, 0.3) is 5.91 Å². The molecule has 0 aliphatic carbocycles. The predicted molar refractivity (Wildman–Crippen MR) is 109 cm³/mol. The molecule has 1 aromatic carbocycles. The lowest BCUT2D eigenvalue weighted by atomic mass is 9.96. The molecule has 27 heavy (non-hydrogen) atoms. The second-order valence-electron chi connectivity index (χ2n) is 7.10. The molecule has 0 aromatic heterocycles. The molecule has 6 nitrogen and oxygen atoms in total. The lowest BCUT2D eigenvalue weighted by Gasteiger charge is -2.35. The van der Waals surface area contributed by atoms with Crippen LogP contribution in [-0.4, -0.2) is 55.5 Å². The van der Waals surface area contributed by atoms with Crippen molar-refractivity contribution in [3.63, 3.8) is 0 Å². The van der Waals surface area contributed by atoms with Gasteiger partial charge in [0.2, 0.25) is 5.91 Å². The Balaban J connectivity index is 0.00000261. The van der Waals surface area contributed by atoms with Crippen LogP contribution in [0.1, 0.15) is 33.1 Å². The van der Waals surface area contributed by atoms with Gasteiger partial charge in [-0.2, -0.15) is 0 Å². The Hall–Kier alpha value is -1.79. The van der Waals surface area contributed by atoms with Gasteiger partial charge < -0.3 is 19.9 Å². The van der Waals surface area contributed by atoms with E-state index in [9.17, 15) is 9.59 Å². The van der Waals surface area contributed by atoms with Gasteiger partial charge in [-0.25, -0.2) is 0 Å². The molecule has 1 unspecified atom stereocenters. The topological polar surface area (TPSA) is 61.9 Å². The number of halogens is 1. The fourth-order valence-corrected chi connectivity index (χ4v) is 3.69. The SMILES string of the molecule is CCNCC1CCN(C(=O)CCN2C(=O)C(C)Oc3ccccc32)CC1.Cl. The molecule has 2 amide bonds. The highest BCUT2D eigenvalue weighted by Crippen LogP contribution is 2.33. The predicted octanol–water partition coefficient (Wildman–Crippen LogP) is 2.46. The van der Waals surface area contributed by atoms with Gasteiger partial charge in [0, 0.05) is 26.1 Å². The van der Waals surface area contributed by atoms with E-state index in [4.69, 9.17) is 4.74 Å². The highest BCUT2D eigenvalue weighted by Gasteiger charge is 2.32. The first-order valence-electron chi connectivity index (χ1n) is 9.65. The molecule has 150 valence electrons. The van der Waals surface area contributed by atoms with Crippen LogP contribution >= 0.6 is 12.4 Å². The number of ether oxygens (including phenoxy) is 1. The standard InChI is InChI=1S/C20H29N3O3.ClH/c1-3-21-14-16-8-11-22(12-9-16)19(24)10-13-23-17-6-4-5-7-18(17)26-15(2)20(23)25;/h4-7,15-16,21H,3,8-14H2,1-2H3;1H. The van der Waals surface area contributed by atoms with E-state index in [1.807, 2.05) is 29.2 Å². The number of carbonyl (C=O) groups is 2. The molecule has 0 bridgehead atoms. The van der Waals surface area contributed by atoms with Crippen LogP contribution < -0.4 is 15.0 Å². The maximum absolute atomic E-state index is 12.6. The summed E-state index contributed by atoms with van der Waals surface area (Å²) in [6, 6.07) is 7.51. The van der Waals surface area contributed by atoms with E-state index in [1.165, 1.54) is 0 Å². The molecule has 1 fully saturated rings. The Morgan fingerprint density at radius 2 is 1.96 bits per heavy atom. The molecule has 7 heteroatoms. The maximum atomic E-state index is 12.6. The number of para-hydroxylation sites is 2. The van der Waals surface area contributed by atoms with E-state index in [-0.39, 0.29) is 24.2 Å². The first kappa shape index (κ1) is 21.5.